The van der Waals surface area contributed by atoms with E-state index in [4.69, 9.17) is 16.3 Å². The molecule has 184 valence electrons. The summed E-state index contributed by atoms with van der Waals surface area (Å²) in [5, 5.41) is -0.381. The fourth-order valence-electron chi connectivity index (χ4n) is 3.57. The van der Waals surface area contributed by atoms with E-state index in [9.17, 15) is 36.7 Å². The summed E-state index contributed by atoms with van der Waals surface area (Å²) in [4.78, 5) is 50.8. The second kappa shape index (κ2) is 10.00. The molecule has 0 unspecified atom stereocenters. The molecule has 0 radical (unpaired) electrons. The number of piperidine rings is 1. The topological polar surface area (TPSA) is 90.6 Å². The Bertz CT molecular complexity index is 1230. The molecule has 13 heteroatoms. The number of amides is 1. The molecule has 0 N–H and O–H groups in total. The first-order valence-electron chi connectivity index (χ1n) is 10.3. The van der Waals surface area contributed by atoms with Gasteiger partial charge in [0.25, 0.3) is 5.56 Å². The van der Waals surface area contributed by atoms with Crippen LogP contribution in [0.3, 0.4) is 0 Å². The summed E-state index contributed by atoms with van der Waals surface area (Å²) in [5.41, 5.74) is -5.18. The van der Waals surface area contributed by atoms with Gasteiger partial charge in [-0.1, -0.05) is 11.6 Å². The fraction of sp³-hybridized carbons (Fsp3) is 0.429. The van der Waals surface area contributed by atoms with Gasteiger partial charge in [-0.05, 0) is 25.3 Å². The Morgan fingerprint density at radius 1 is 1.06 bits per heavy atom. The number of likely N-dealkylation sites (tertiary alicyclic amines) is 1. The summed E-state index contributed by atoms with van der Waals surface area (Å²) in [6.45, 7) is 1.22. The van der Waals surface area contributed by atoms with Gasteiger partial charge in [0, 0.05) is 38.7 Å². The highest BCUT2D eigenvalue weighted by Crippen LogP contribution is 2.30. The van der Waals surface area contributed by atoms with Crippen molar-refractivity contribution < 1.29 is 31.9 Å². The van der Waals surface area contributed by atoms with Crippen LogP contribution in [0, 0.1) is 5.82 Å². The number of esters is 1. The second-order valence-electron chi connectivity index (χ2n) is 7.69. The lowest BCUT2D eigenvalue weighted by Crippen LogP contribution is -2.41. The summed E-state index contributed by atoms with van der Waals surface area (Å²) in [6, 6.07) is 1.56. The Balaban J connectivity index is 1.85. The SMILES string of the molecule is Cn1c(C(F)(F)F)cc(=O)n(-c2cc(OC(=O)CCC(=O)N3CCCCC3)c(Cl)cc2F)c1=O. The number of ether oxygens (including phenoxy) is 1. The zero-order valence-corrected chi connectivity index (χ0v) is 18.7. The lowest BCUT2D eigenvalue weighted by molar-refractivity contribution is -0.144. The maximum Gasteiger partial charge on any atom is 0.431 e. The van der Waals surface area contributed by atoms with Crippen molar-refractivity contribution in [3.8, 4) is 11.4 Å². The van der Waals surface area contributed by atoms with E-state index in [1.54, 1.807) is 4.90 Å². The quantitative estimate of drug-likeness (QED) is 0.354. The van der Waals surface area contributed by atoms with Crippen molar-refractivity contribution in [3.05, 3.63) is 55.6 Å². The number of rotatable bonds is 5. The van der Waals surface area contributed by atoms with Crippen LogP contribution in [-0.4, -0.2) is 39.0 Å². The van der Waals surface area contributed by atoms with Crippen molar-refractivity contribution in [2.24, 2.45) is 7.05 Å². The van der Waals surface area contributed by atoms with E-state index in [1.165, 1.54) is 0 Å². The van der Waals surface area contributed by atoms with E-state index in [0.717, 1.165) is 32.4 Å². The number of hydrogen-bond acceptors (Lipinski definition) is 5. The summed E-state index contributed by atoms with van der Waals surface area (Å²) in [7, 11) is 0.773. The van der Waals surface area contributed by atoms with Crippen LogP contribution >= 0.6 is 11.6 Å². The van der Waals surface area contributed by atoms with Gasteiger partial charge in [-0.2, -0.15) is 13.2 Å². The molecule has 3 rings (SSSR count). The zero-order valence-electron chi connectivity index (χ0n) is 18.0. The third-order valence-electron chi connectivity index (χ3n) is 5.33. The van der Waals surface area contributed by atoms with E-state index >= 15 is 0 Å². The highest BCUT2D eigenvalue weighted by Gasteiger charge is 2.35. The van der Waals surface area contributed by atoms with Crippen molar-refractivity contribution >= 4 is 23.5 Å². The molecule has 2 heterocycles. The highest BCUT2D eigenvalue weighted by molar-refractivity contribution is 6.32. The standard InChI is InChI=1S/C21H20ClF4N3O5/c1-27-16(21(24,25)26)11-18(31)29(20(27)33)14-10-15(12(22)9-13(14)23)34-19(32)6-5-17(30)28-7-3-2-4-8-28/h9-11H,2-8H2,1H3. The Kier molecular flexibility index (Phi) is 7.49. The Morgan fingerprint density at radius 3 is 2.32 bits per heavy atom. The number of benzene rings is 1. The van der Waals surface area contributed by atoms with Gasteiger partial charge in [0.15, 0.2) is 5.75 Å². The smallest absolute Gasteiger partial charge is 0.425 e. The molecule has 1 aromatic carbocycles. The molecule has 0 atom stereocenters. The van der Waals surface area contributed by atoms with Gasteiger partial charge >= 0.3 is 17.8 Å². The third kappa shape index (κ3) is 5.49. The summed E-state index contributed by atoms with van der Waals surface area (Å²) in [5.74, 6) is -2.73. The van der Waals surface area contributed by atoms with E-state index in [0.29, 0.717) is 19.2 Å². The molecule has 0 saturated carbocycles. The van der Waals surface area contributed by atoms with Crippen LogP contribution in [0.2, 0.25) is 5.02 Å². The minimum atomic E-state index is -4.99. The first kappa shape index (κ1) is 25.5. The predicted molar refractivity (Wildman–Crippen MR) is 113 cm³/mol. The van der Waals surface area contributed by atoms with Crippen molar-refractivity contribution in [1.82, 2.24) is 14.0 Å². The van der Waals surface area contributed by atoms with Gasteiger partial charge in [0.2, 0.25) is 5.91 Å². The molecule has 34 heavy (non-hydrogen) atoms. The van der Waals surface area contributed by atoms with E-state index in [1.807, 2.05) is 0 Å². The zero-order chi connectivity index (χ0) is 25.2. The Labute approximate surface area is 195 Å². The van der Waals surface area contributed by atoms with Gasteiger partial charge in [-0.25, -0.2) is 13.8 Å². The van der Waals surface area contributed by atoms with Crippen molar-refractivity contribution in [2.45, 2.75) is 38.3 Å². The van der Waals surface area contributed by atoms with Crippen LogP contribution in [0.25, 0.3) is 5.69 Å². The Morgan fingerprint density at radius 2 is 1.71 bits per heavy atom. The van der Waals surface area contributed by atoms with Crippen molar-refractivity contribution in [1.29, 1.82) is 0 Å². The molecule has 8 nitrogen and oxygen atoms in total. The molecule has 0 spiro atoms. The summed E-state index contributed by atoms with van der Waals surface area (Å²) in [6.07, 6.45) is -2.62. The van der Waals surface area contributed by atoms with E-state index in [2.05, 4.69) is 0 Å². The maximum absolute atomic E-state index is 14.5. The lowest BCUT2D eigenvalue weighted by atomic mass is 10.1. The summed E-state index contributed by atoms with van der Waals surface area (Å²) >= 11 is 5.90. The minimum Gasteiger partial charge on any atom is -0.425 e. The van der Waals surface area contributed by atoms with Crippen LogP contribution < -0.4 is 16.0 Å². The Hall–Kier alpha value is -3.15. The third-order valence-corrected chi connectivity index (χ3v) is 5.62. The number of hydrogen-bond donors (Lipinski definition) is 0. The molecule has 1 saturated heterocycles. The van der Waals surface area contributed by atoms with Gasteiger partial charge in [-0.15, -0.1) is 0 Å². The molecule has 1 amide bonds. The average Bonchev–Trinajstić information content (AvgIpc) is 2.77. The van der Waals surface area contributed by atoms with Crippen LogP contribution in [0.1, 0.15) is 37.8 Å². The number of halogens is 5. The number of carbonyl (C=O) groups excluding carboxylic acids is 2. The lowest BCUT2D eigenvalue weighted by Gasteiger charge is -2.26. The van der Waals surface area contributed by atoms with Crippen LogP contribution in [0.4, 0.5) is 17.6 Å². The molecule has 1 fully saturated rings. The molecule has 1 aliphatic rings. The first-order chi connectivity index (χ1) is 15.9. The van der Waals surface area contributed by atoms with Crippen molar-refractivity contribution in [2.75, 3.05) is 13.1 Å². The first-order valence-corrected chi connectivity index (χ1v) is 10.7. The monoisotopic (exact) mass is 505 g/mol. The predicted octanol–water partition coefficient (Wildman–Crippen LogP) is 3.05. The normalized spacial score (nSPS) is 14.2. The largest absolute Gasteiger partial charge is 0.431 e. The molecule has 2 aromatic rings. The number of aromatic nitrogens is 2. The second-order valence-corrected chi connectivity index (χ2v) is 8.10. The maximum atomic E-state index is 14.5. The number of carbonyl (C=O) groups is 2. The van der Waals surface area contributed by atoms with E-state index in [-0.39, 0.29) is 39.0 Å². The number of alkyl halides is 3. The highest BCUT2D eigenvalue weighted by atomic mass is 35.5. The van der Waals surface area contributed by atoms with E-state index < -0.39 is 46.3 Å². The van der Waals surface area contributed by atoms with Crippen LogP contribution in [0.5, 0.6) is 5.75 Å². The molecular weight excluding hydrogens is 486 g/mol. The van der Waals surface area contributed by atoms with Crippen LogP contribution in [0.15, 0.2) is 27.8 Å². The van der Waals surface area contributed by atoms with Gasteiger partial charge in [0.05, 0.1) is 17.1 Å². The molecule has 0 aliphatic carbocycles. The van der Waals surface area contributed by atoms with Gasteiger partial charge in [-0.3, -0.25) is 19.0 Å². The van der Waals surface area contributed by atoms with Crippen molar-refractivity contribution in [3.63, 3.8) is 0 Å². The minimum absolute atomic E-state index is 0.122. The summed E-state index contributed by atoms with van der Waals surface area (Å²) < 4.78 is 59.1. The van der Waals surface area contributed by atoms with Gasteiger partial charge < -0.3 is 9.64 Å². The molecule has 1 aromatic heterocycles. The number of nitrogens with zero attached hydrogens (tertiary/aromatic N) is 3. The van der Waals surface area contributed by atoms with Crippen LogP contribution in [-0.2, 0) is 22.8 Å². The fourth-order valence-corrected chi connectivity index (χ4v) is 3.76. The van der Waals surface area contributed by atoms with Gasteiger partial charge in [0.1, 0.15) is 11.5 Å². The molecule has 0 bridgehead atoms. The average molecular weight is 506 g/mol. The molecule has 1 aliphatic heterocycles. The molecular formula is C21H20ClF4N3O5.